The molecule has 1 amide bonds. The molecule has 1 fully saturated rings. The molecule has 1 aliphatic heterocycles. The molecule has 1 atom stereocenters. The number of anilines is 1. The number of benzene rings is 4. The number of aliphatic hydroxyl groups is 1. The Labute approximate surface area is 227 Å². The summed E-state index contributed by atoms with van der Waals surface area (Å²) in [6.45, 7) is 4.23. The molecule has 1 N–H and O–H groups in total. The number of hydrogen-bond acceptors (Lipinski definition) is 5. The number of amides is 1. The van der Waals surface area contributed by atoms with Gasteiger partial charge in [-0.1, -0.05) is 72.3 Å². The fraction of sp³-hybridized carbons (Fsp3) is 0.152. The van der Waals surface area contributed by atoms with Crippen LogP contribution in [-0.2, 0) is 16.2 Å². The van der Waals surface area contributed by atoms with E-state index in [9.17, 15) is 14.7 Å². The second kappa shape index (κ2) is 10.9. The summed E-state index contributed by atoms with van der Waals surface area (Å²) in [7, 11) is 1.52. The van der Waals surface area contributed by atoms with Crippen LogP contribution in [0.25, 0.3) is 5.76 Å². The Hall–Kier alpha value is -4.84. The SMILES string of the molecule is COc1ccccc1N1C(=O)C(=O)/C(=C(\O)c2ccc(OCc3ccccc3)c(C)c2)C1c1cccc(C)c1. The Bertz CT molecular complexity index is 1570. The molecule has 1 heterocycles. The predicted octanol–water partition coefficient (Wildman–Crippen LogP) is 6.52. The number of Topliss-reactive ketones (excluding diaryl/α,β-unsaturated/α-hetero) is 1. The van der Waals surface area contributed by atoms with Crippen molar-refractivity contribution in [2.24, 2.45) is 0 Å². The molecule has 0 radical (unpaired) electrons. The van der Waals surface area contributed by atoms with Crippen LogP contribution in [0.3, 0.4) is 0 Å². The summed E-state index contributed by atoms with van der Waals surface area (Å²) >= 11 is 0. The average Bonchev–Trinajstić information content (AvgIpc) is 3.22. The standard InChI is InChI=1S/C33H29NO5/c1-21-10-9-13-24(18-21)30-29(32(36)33(37)34(30)26-14-7-8-15-28(26)38-3)31(35)25-16-17-27(22(2)19-25)39-20-23-11-5-4-6-12-23/h4-19,30,35H,20H2,1-3H3/b31-29-. The molecular weight excluding hydrogens is 490 g/mol. The number of carbonyl (C=O) groups is 2. The zero-order chi connectivity index (χ0) is 27.5. The van der Waals surface area contributed by atoms with E-state index in [4.69, 9.17) is 9.47 Å². The van der Waals surface area contributed by atoms with Crippen molar-refractivity contribution in [3.63, 3.8) is 0 Å². The van der Waals surface area contributed by atoms with Crippen LogP contribution in [0.1, 0.15) is 33.9 Å². The number of aliphatic hydroxyl groups excluding tert-OH is 1. The maximum absolute atomic E-state index is 13.5. The van der Waals surface area contributed by atoms with Gasteiger partial charge < -0.3 is 14.6 Å². The van der Waals surface area contributed by atoms with E-state index < -0.39 is 17.7 Å². The van der Waals surface area contributed by atoms with E-state index in [0.717, 1.165) is 16.7 Å². The molecule has 196 valence electrons. The fourth-order valence-electron chi connectivity index (χ4n) is 4.91. The monoisotopic (exact) mass is 519 g/mol. The van der Waals surface area contributed by atoms with Gasteiger partial charge in [-0.15, -0.1) is 0 Å². The van der Waals surface area contributed by atoms with E-state index in [0.29, 0.717) is 34.9 Å². The van der Waals surface area contributed by atoms with Gasteiger partial charge in [0.25, 0.3) is 11.7 Å². The maximum atomic E-state index is 13.5. The summed E-state index contributed by atoms with van der Waals surface area (Å²) < 4.78 is 11.5. The fourth-order valence-corrected chi connectivity index (χ4v) is 4.91. The third-order valence-electron chi connectivity index (χ3n) is 6.83. The highest BCUT2D eigenvalue weighted by Gasteiger charge is 2.47. The van der Waals surface area contributed by atoms with Gasteiger partial charge >= 0.3 is 0 Å². The van der Waals surface area contributed by atoms with Crippen LogP contribution in [0.2, 0.25) is 0 Å². The van der Waals surface area contributed by atoms with Crippen molar-refractivity contribution >= 4 is 23.1 Å². The van der Waals surface area contributed by atoms with Gasteiger partial charge in [0.15, 0.2) is 0 Å². The number of ketones is 1. The van der Waals surface area contributed by atoms with Crippen molar-refractivity contribution in [3.05, 3.63) is 130 Å². The van der Waals surface area contributed by atoms with Gasteiger partial charge in [-0.2, -0.15) is 0 Å². The number of rotatable bonds is 7. The average molecular weight is 520 g/mol. The topological polar surface area (TPSA) is 76.1 Å². The van der Waals surface area contributed by atoms with Gasteiger partial charge in [0.1, 0.15) is 23.9 Å². The number of carbonyl (C=O) groups excluding carboxylic acids is 2. The zero-order valence-corrected chi connectivity index (χ0v) is 22.0. The lowest BCUT2D eigenvalue weighted by molar-refractivity contribution is -0.132. The Balaban J connectivity index is 1.58. The Morgan fingerprint density at radius 2 is 1.59 bits per heavy atom. The van der Waals surface area contributed by atoms with Gasteiger partial charge in [0.05, 0.1) is 24.4 Å². The molecule has 1 saturated heterocycles. The van der Waals surface area contributed by atoms with Crippen LogP contribution < -0.4 is 14.4 Å². The molecule has 39 heavy (non-hydrogen) atoms. The van der Waals surface area contributed by atoms with E-state index in [1.54, 1.807) is 42.5 Å². The summed E-state index contributed by atoms with van der Waals surface area (Å²) in [5.74, 6) is -0.609. The summed E-state index contributed by atoms with van der Waals surface area (Å²) in [5.41, 5.74) is 4.41. The molecule has 6 heteroatoms. The minimum atomic E-state index is -0.837. The smallest absolute Gasteiger partial charge is 0.300 e. The van der Waals surface area contributed by atoms with Crippen LogP contribution in [-0.4, -0.2) is 23.9 Å². The molecule has 1 unspecified atom stereocenters. The summed E-state index contributed by atoms with van der Waals surface area (Å²) in [5, 5.41) is 11.5. The lowest BCUT2D eigenvalue weighted by Crippen LogP contribution is -2.29. The minimum Gasteiger partial charge on any atom is -0.507 e. The highest BCUT2D eigenvalue weighted by molar-refractivity contribution is 6.52. The number of aryl methyl sites for hydroxylation is 2. The first-order chi connectivity index (χ1) is 18.9. The Morgan fingerprint density at radius 3 is 2.31 bits per heavy atom. The van der Waals surface area contributed by atoms with Gasteiger partial charge in [-0.3, -0.25) is 14.5 Å². The molecule has 0 aliphatic carbocycles. The number of nitrogens with zero attached hydrogens (tertiary/aromatic N) is 1. The van der Waals surface area contributed by atoms with Crippen molar-refractivity contribution in [1.29, 1.82) is 0 Å². The molecule has 4 aromatic carbocycles. The van der Waals surface area contributed by atoms with E-state index in [1.807, 2.05) is 68.4 Å². The van der Waals surface area contributed by atoms with Crippen LogP contribution in [0.15, 0.2) is 103 Å². The van der Waals surface area contributed by atoms with Gasteiger partial charge in [0, 0.05) is 5.56 Å². The van der Waals surface area contributed by atoms with Crippen molar-refractivity contribution in [2.75, 3.05) is 12.0 Å². The summed E-state index contributed by atoms with van der Waals surface area (Å²) in [6.07, 6.45) is 0. The lowest BCUT2D eigenvalue weighted by atomic mass is 9.93. The first-order valence-electron chi connectivity index (χ1n) is 12.7. The third kappa shape index (κ3) is 5.01. The molecule has 0 saturated carbocycles. The predicted molar refractivity (Wildman–Crippen MR) is 151 cm³/mol. The van der Waals surface area contributed by atoms with Crippen LogP contribution >= 0.6 is 0 Å². The first kappa shape index (κ1) is 25.8. The number of para-hydroxylation sites is 2. The largest absolute Gasteiger partial charge is 0.507 e. The highest BCUT2D eigenvalue weighted by atomic mass is 16.5. The maximum Gasteiger partial charge on any atom is 0.300 e. The highest BCUT2D eigenvalue weighted by Crippen LogP contribution is 2.45. The van der Waals surface area contributed by atoms with E-state index in [-0.39, 0.29) is 11.3 Å². The van der Waals surface area contributed by atoms with Gasteiger partial charge in [-0.05, 0) is 60.9 Å². The van der Waals surface area contributed by atoms with Crippen molar-refractivity contribution < 1.29 is 24.2 Å². The van der Waals surface area contributed by atoms with Crippen molar-refractivity contribution in [1.82, 2.24) is 0 Å². The molecule has 1 aliphatic rings. The third-order valence-corrected chi connectivity index (χ3v) is 6.83. The number of hydrogen-bond donors (Lipinski definition) is 1. The second-order valence-corrected chi connectivity index (χ2v) is 9.51. The molecule has 5 rings (SSSR count). The van der Waals surface area contributed by atoms with Crippen LogP contribution in [0.5, 0.6) is 11.5 Å². The molecular formula is C33H29NO5. The number of methoxy groups -OCH3 is 1. The van der Waals surface area contributed by atoms with E-state index in [2.05, 4.69) is 0 Å². The minimum absolute atomic E-state index is 0.0221. The first-order valence-corrected chi connectivity index (χ1v) is 12.7. The zero-order valence-electron chi connectivity index (χ0n) is 22.0. The van der Waals surface area contributed by atoms with Crippen molar-refractivity contribution in [3.8, 4) is 11.5 Å². The molecule has 4 aromatic rings. The molecule has 6 nitrogen and oxygen atoms in total. The normalized spacial score (nSPS) is 16.4. The molecule has 0 aromatic heterocycles. The summed E-state index contributed by atoms with van der Waals surface area (Å²) in [6, 6.07) is 28.9. The quantitative estimate of drug-likeness (QED) is 0.171. The molecule has 0 bridgehead atoms. The summed E-state index contributed by atoms with van der Waals surface area (Å²) in [4.78, 5) is 28.4. The Morgan fingerprint density at radius 1 is 0.846 bits per heavy atom. The van der Waals surface area contributed by atoms with Crippen LogP contribution in [0.4, 0.5) is 5.69 Å². The van der Waals surface area contributed by atoms with Crippen molar-refractivity contribution in [2.45, 2.75) is 26.5 Å². The second-order valence-electron chi connectivity index (χ2n) is 9.51. The van der Waals surface area contributed by atoms with Crippen LogP contribution in [0, 0.1) is 13.8 Å². The van der Waals surface area contributed by atoms with E-state index in [1.165, 1.54) is 12.0 Å². The Kier molecular flexibility index (Phi) is 7.19. The number of ether oxygens (including phenoxy) is 2. The lowest BCUT2D eigenvalue weighted by Gasteiger charge is -2.27. The van der Waals surface area contributed by atoms with E-state index >= 15 is 0 Å². The molecule has 0 spiro atoms. The van der Waals surface area contributed by atoms with Gasteiger partial charge in [-0.25, -0.2) is 0 Å². The van der Waals surface area contributed by atoms with Gasteiger partial charge in [0.2, 0.25) is 0 Å².